The molecule has 1 fully saturated rings. The van der Waals surface area contributed by atoms with Crippen molar-refractivity contribution in [2.45, 2.75) is 18.3 Å². The van der Waals surface area contributed by atoms with Crippen LogP contribution in [0.2, 0.25) is 0 Å². The van der Waals surface area contributed by atoms with Gasteiger partial charge in [-0.1, -0.05) is 35.5 Å². The van der Waals surface area contributed by atoms with Gasteiger partial charge in [-0.2, -0.15) is 0 Å². The first kappa shape index (κ1) is 16.4. The molecule has 1 heterocycles. The lowest BCUT2D eigenvalue weighted by molar-refractivity contribution is -0.118. The van der Waals surface area contributed by atoms with Crippen molar-refractivity contribution in [1.82, 2.24) is 5.16 Å². The summed E-state index contributed by atoms with van der Waals surface area (Å²) >= 11 is 0. The minimum Gasteiger partial charge on any atom is -0.378 e. The summed E-state index contributed by atoms with van der Waals surface area (Å²) in [4.78, 5) is 14.9. The van der Waals surface area contributed by atoms with E-state index in [-0.39, 0.29) is 5.91 Å². The van der Waals surface area contributed by atoms with Gasteiger partial charge in [0.05, 0.1) is 11.1 Å². The van der Waals surface area contributed by atoms with Crippen LogP contribution < -0.4 is 10.2 Å². The lowest BCUT2D eigenvalue weighted by atomic mass is 10.00. The molecule has 5 nitrogen and oxygen atoms in total. The molecular formula is C21H21N3O2. The number of benzene rings is 2. The van der Waals surface area contributed by atoms with Crippen LogP contribution in [-0.4, -0.2) is 25.2 Å². The summed E-state index contributed by atoms with van der Waals surface area (Å²) in [6, 6.07) is 19.5. The summed E-state index contributed by atoms with van der Waals surface area (Å²) in [5.41, 5.74) is 2.98. The zero-order valence-corrected chi connectivity index (χ0v) is 14.9. The number of carbonyl (C=O) groups is 1. The van der Waals surface area contributed by atoms with E-state index in [0.29, 0.717) is 11.5 Å². The summed E-state index contributed by atoms with van der Waals surface area (Å²) in [7, 11) is 3.98. The highest BCUT2D eigenvalue weighted by atomic mass is 16.5. The topological polar surface area (TPSA) is 58.4 Å². The second kappa shape index (κ2) is 6.33. The van der Waals surface area contributed by atoms with Crippen LogP contribution in [0.1, 0.15) is 18.5 Å². The first-order valence-electron chi connectivity index (χ1n) is 8.70. The highest BCUT2D eigenvalue weighted by molar-refractivity contribution is 6.01. The summed E-state index contributed by atoms with van der Waals surface area (Å²) in [6.07, 6.45) is 1.57. The smallest absolute Gasteiger partial charge is 0.236 e. The van der Waals surface area contributed by atoms with Gasteiger partial charge in [0.25, 0.3) is 0 Å². The molecule has 1 aromatic heterocycles. The zero-order valence-electron chi connectivity index (χ0n) is 14.9. The van der Waals surface area contributed by atoms with E-state index in [9.17, 15) is 4.79 Å². The summed E-state index contributed by atoms with van der Waals surface area (Å²) in [5.74, 6) is 0.665. The molecule has 1 amide bonds. The van der Waals surface area contributed by atoms with Gasteiger partial charge >= 0.3 is 0 Å². The zero-order chi connectivity index (χ0) is 18.1. The van der Waals surface area contributed by atoms with Crippen molar-refractivity contribution in [2.24, 2.45) is 0 Å². The van der Waals surface area contributed by atoms with Crippen molar-refractivity contribution in [3.05, 3.63) is 66.4 Å². The first-order chi connectivity index (χ1) is 12.6. The average Bonchev–Trinajstić information content (AvgIpc) is 3.33. The van der Waals surface area contributed by atoms with E-state index in [1.54, 1.807) is 0 Å². The van der Waals surface area contributed by atoms with Crippen LogP contribution in [0, 0.1) is 0 Å². The Morgan fingerprint density at radius 3 is 2.38 bits per heavy atom. The van der Waals surface area contributed by atoms with E-state index in [2.05, 4.69) is 10.5 Å². The van der Waals surface area contributed by atoms with E-state index in [4.69, 9.17) is 4.52 Å². The van der Waals surface area contributed by atoms with Crippen molar-refractivity contribution >= 4 is 17.3 Å². The van der Waals surface area contributed by atoms with Crippen LogP contribution in [-0.2, 0) is 10.2 Å². The Labute approximate surface area is 152 Å². The Bertz CT molecular complexity index is 910. The Kier molecular flexibility index (Phi) is 3.99. The van der Waals surface area contributed by atoms with Gasteiger partial charge in [-0.3, -0.25) is 4.79 Å². The molecular weight excluding hydrogens is 326 g/mol. The molecule has 0 aliphatic heterocycles. The summed E-state index contributed by atoms with van der Waals surface area (Å²) in [5, 5.41) is 7.20. The summed E-state index contributed by atoms with van der Waals surface area (Å²) in [6.45, 7) is 0. The Hall–Kier alpha value is -3.08. The van der Waals surface area contributed by atoms with Crippen molar-refractivity contribution in [1.29, 1.82) is 0 Å². The molecule has 3 aromatic rings. The molecule has 1 N–H and O–H groups in total. The predicted octanol–water partition coefficient (Wildman–Crippen LogP) is 4.08. The maximum atomic E-state index is 12.9. The Balaban J connectivity index is 1.52. The van der Waals surface area contributed by atoms with Crippen LogP contribution in [0.3, 0.4) is 0 Å². The average molecular weight is 347 g/mol. The fourth-order valence-electron chi connectivity index (χ4n) is 3.06. The molecule has 1 aliphatic carbocycles. The van der Waals surface area contributed by atoms with E-state index in [0.717, 1.165) is 29.8 Å². The molecule has 0 atom stereocenters. The normalized spacial score (nSPS) is 14.7. The number of nitrogens with zero attached hydrogens (tertiary/aromatic N) is 2. The van der Waals surface area contributed by atoms with Crippen LogP contribution in [0.25, 0.3) is 11.3 Å². The highest BCUT2D eigenvalue weighted by Crippen LogP contribution is 2.49. The molecule has 1 aliphatic rings. The number of amides is 1. The maximum absolute atomic E-state index is 12.9. The first-order valence-corrected chi connectivity index (χ1v) is 8.70. The van der Waals surface area contributed by atoms with Crippen LogP contribution in [0.5, 0.6) is 0 Å². The van der Waals surface area contributed by atoms with Gasteiger partial charge in [0.15, 0.2) is 5.76 Å². The number of anilines is 2. The van der Waals surface area contributed by atoms with Crippen molar-refractivity contribution in [3.63, 3.8) is 0 Å². The number of hydrogen-bond donors (Lipinski definition) is 1. The van der Waals surface area contributed by atoms with E-state index in [1.807, 2.05) is 79.7 Å². The van der Waals surface area contributed by atoms with Crippen molar-refractivity contribution in [2.75, 3.05) is 24.3 Å². The third-order valence-corrected chi connectivity index (χ3v) is 4.88. The fourth-order valence-corrected chi connectivity index (χ4v) is 3.06. The molecule has 2 aromatic carbocycles. The minimum atomic E-state index is -0.573. The van der Waals surface area contributed by atoms with Gasteiger partial charge < -0.3 is 14.7 Å². The van der Waals surface area contributed by atoms with Crippen LogP contribution in [0.15, 0.2) is 65.2 Å². The van der Waals surface area contributed by atoms with Gasteiger partial charge in [-0.15, -0.1) is 0 Å². The Morgan fingerprint density at radius 2 is 1.77 bits per heavy atom. The summed E-state index contributed by atoms with van der Waals surface area (Å²) < 4.78 is 5.48. The van der Waals surface area contributed by atoms with E-state index >= 15 is 0 Å². The highest BCUT2D eigenvalue weighted by Gasteiger charge is 2.53. The van der Waals surface area contributed by atoms with E-state index < -0.39 is 5.41 Å². The fraction of sp³-hybridized carbons (Fsp3) is 0.238. The molecule has 5 heteroatoms. The van der Waals surface area contributed by atoms with Gasteiger partial charge in [0.1, 0.15) is 0 Å². The molecule has 4 rings (SSSR count). The number of hydrogen-bond acceptors (Lipinski definition) is 4. The largest absolute Gasteiger partial charge is 0.378 e. The molecule has 0 spiro atoms. The second-order valence-corrected chi connectivity index (χ2v) is 6.92. The molecule has 0 radical (unpaired) electrons. The monoisotopic (exact) mass is 347 g/mol. The minimum absolute atomic E-state index is 0.0250. The molecule has 0 bridgehead atoms. The maximum Gasteiger partial charge on any atom is 0.236 e. The molecule has 0 unspecified atom stereocenters. The molecule has 26 heavy (non-hydrogen) atoms. The second-order valence-electron chi connectivity index (χ2n) is 6.92. The standard InChI is InChI=1S/C21H21N3O2/c1-24(2)17-10-8-16(9-11-17)22-20(25)21(12-13-21)19-14-18(26-23-19)15-6-4-3-5-7-15/h3-11,14H,12-13H2,1-2H3,(H,22,25). The molecule has 0 saturated heterocycles. The third kappa shape index (κ3) is 2.96. The van der Waals surface area contributed by atoms with E-state index in [1.165, 1.54) is 0 Å². The van der Waals surface area contributed by atoms with Crippen molar-refractivity contribution < 1.29 is 9.32 Å². The molecule has 132 valence electrons. The van der Waals surface area contributed by atoms with Gasteiger partial charge in [-0.25, -0.2) is 0 Å². The lowest BCUT2D eigenvalue weighted by Gasteiger charge is -2.15. The Morgan fingerprint density at radius 1 is 1.08 bits per heavy atom. The number of aromatic nitrogens is 1. The van der Waals surface area contributed by atoms with Gasteiger partial charge in [-0.05, 0) is 37.1 Å². The number of rotatable bonds is 5. The predicted molar refractivity (Wildman–Crippen MR) is 102 cm³/mol. The van der Waals surface area contributed by atoms with Crippen molar-refractivity contribution in [3.8, 4) is 11.3 Å². The SMILES string of the molecule is CN(C)c1ccc(NC(=O)C2(c3cc(-c4ccccc4)on3)CC2)cc1. The van der Waals surface area contributed by atoms with Crippen LogP contribution in [0.4, 0.5) is 11.4 Å². The quantitative estimate of drug-likeness (QED) is 0.755. The number of carbonyl (C=O) groups excluding carboxylic acids is 1. The van der Waals surface area contributed by atoms with Gasteiger partial charge in [0, 0.05) is 37.1 Å². The van der Waals surface area contributed by atoms with Crippen LogP contribution >= 0.6 is 0 Å². The van der Waals surface area contributed by atoms with Gasteiger partial charge in [0.2, 0.25) is 5.91 Å². The third-order valence-electron chi connectivity index (χ3n) is 4.88. The lowest BCUT2D eigenvalue weighted by Crippen LogP contribution is -2.28. The number of nitrogens with one attached hydrogen (secondary N) is 1. The molecule has 1 saturated carbocycles.